The average molecular weight is 207 g/mol. The molecule has 0 saturated heterocycles. The Labute approximate surface area is 88.3 Å². The van der Waals surface area contributed by atoms with Gasteiger partial charge in [0.2, 0.25) is 5.70 Å². The number of benzene rings is 1. The Morgan fingerprint density at radius 2 is 2.07 bits per heavy atom. The minimum atomic E-state index is -0.406. The fourth-order valence-electron chi connectivity index (χ4n) is 1.12. The van der Waals surface area contributed by atoms with E-state index in [1.165, 1.54) is 13.0 Å². The number of hydrogen-bond acceptors (Lipinski definition) is 3. The van der Waals surface area contributed by atoms with Crippen molar-refractivity contribution >= 4 is 6.08 Å². The third kappa shape index (κ3) is 3.42. The quantitative estimate of drug-likeness (QED) is 0.563. The predicted octanol–water partition coefficient (Wildman–Crippen LogP) is 2.72. The molecule has 1 aromatic carbocycles. The van der Waals surface area contributed by atoms with Gasteiger partial charge in [0.25, 0.3) is 0 Å². The van der Waals surface area contributed by atoms with Crippen molar-refractivity contribution in [3.8, 4) is 5.75 Å². The van der Waals surface area contributed by atoms with Gasteiger partial charge in [-0.15, -0.1) is 0 Å². The van der Waals surface area contributed by atoms with Crippen LogP contribution in [-0.4, -0.2) is 11.5 Å². The van der Waals surface area contributed by atoms with E-state index in [1.54, 1.807) is 24.3 Å². The summed E-state index contributed by atoms with van der Waals surface area (Å²) in [4.78, 5) is 9.98. The Morgan fingerprint density at radius 1 is 1.47 bits per heavy atom. The minimum Gasteiger partial charge on any atom is -0.494 e. The second kappa shape index (κ2) is 5.14. The molecule has 0 aromatic heterocycles. The Bertz CT molecular complexity index is 368. The topological polar surface area (TPSA) is 52.4 Å². The molecule has 0 aliphatic carbocycles. The first-order valence-corrected chi connectivity index (χ1v) is 4.69. The van der Waals surface area contributed by atoms with Crippen molar-refractivity contribution in [3.63, 3.8) is 0 Å². The van der Waals surface area contributed by atoms with Gasteiger partial charge in [0.1, 0.15) is 5.75 Å². The molecule has 0 atom stereocenters. The summed E-state index contributed by atoms with van der Waals surface area (Å²) in [5, 5.41) is 10.4. The highest BCUT2D eigenvalue weighted by Crippen LogP contribution is 2.14. The second-order valence-electron chi connectivity index (χ2n) is 3.04. The lowest BCUT2D eigenvalue weighted by Gasteiger charge is -2.02. The van der Waals surface area contributed by atoms with Crippen LogP contribution in [0.1, 0.15) is 19.4 Å². The van der Waals surface area contributed by atoms with Crippen molar-refractivity contribution in [3.05, 3.63) is 45.6 Å². The molecular weight excluding hydrogens is 194 g/mol. The summed E-state index contributed by atoms with van der Waals surface area (Å²) < 4.78 is 5.26. The SMILES string of the molecule is CCOc1ccc(C=C(C)[N+](=O)[O-])cc1. The molecule has 0 heterocycles. The van der Waals surface area contributed by atoms with Crippen LogP contribution in [0, 0.1) is 10.1 Å². The standard InChI is InChI=1S/C11H13NO3/c1-3-15-11-6-4-10(5-7-11)8-9(2)12(13)14/h4-8H,3H2,1-2H3. The van der Waals surface area contributed by atoms with E-state index in [2.05, 4.69) is 0 Å². The van der Waals surface area contributed by atoms with Crippen LogP contribution in [-0.2, 0) is 0 Å². The van der Waals surface area contributed by atoms with Gasteiger partial charge >= 0.3 is 0 Å². The number of allylic oxidation sites excluding steroid dienone is 1. The van der Waals surface area contributed by atoms with Crippen LogP contribution < -0.4 is 4.74 Å². The zero-order valence-corrected chi connectivity index (χ0v) is 8.77. The van der Waals surface area contributed by atoms with E-state index in [0.29, 0.717) is 6.61 Å². The molecule has 4 nitrogen and oxygen atoms in total. The van der Waals surface area contributed by atoms with Crippen molar-refractivity contribution in [2.45, 2.75) is 13.8 Å². The van der Waals surface area contributed by atoms with Crippen LogP contribution in [0.4, 0.5) is 0 Å². The van der Waals surface area contributed by atoms with Crippen LogP contribution in [0.3, 0.4) is 0 Å². The van der Waals surface area contributed by atoms with Crippen LogP contribution in [0.25, 0.3) is 6.08 Å². The van der Waals surface area contributed by atoms with Crippen molar-refractivity contribution in [1.29, 1.82) is 0 Å². The number of rotatable bonds is 4. The lowest BCUT2D eigenvalue weighted by molar-refractivity contribution is -0.422. The number of ether oxygens (including phenoxy) is 1. The van der Waals surface area contributed by atoms with Gasteiger partial charge in [0.05, 0.1) is 11.5 Å². The van der Waals surface area contributed by atoms with Crippen molar-refractivity contribution < 1.29 is 9.66 Å². The molecule has 15 heavy (non-hydrogen) atoms. The summed E-state index contributed by atoms with van der Waals surface area (Å²) in [6, 6.07) is 7.17. The summed E-state index contributed by atoms with van der Waals surface area (Å²) in [6.07, 6.45) is 1.52. The molecule has 1 rings (SSSR count). The van der Waals surface area contributed by atoms with Crippen molar-refractivity contribution in [1.82, 2.24) is 0 Å². The average Bonchev–Trinajstić information content (AvgIpc) is 2.21. The maximum Gasteiger partial charge on any atom is 0.243 e. The van der Waals surface area contributed by atoms with Gasteiger partial charge < -0.3 is 4.74 Å². The lowest BCUT2D eigenvalue weighted by Crippen LogP contribution is -1.93. The highest BCUT2D eigenvalue weighted by Gasteiger charge is 2.01. The molecule has 80 valence electrons. The molecule has 1 aromatic rings. The molecule has 0 aliphatic rings. The summed E-state index contributed by atoms with van der Waals surface area (Å²) in [6.45, 7) is 3.99. The molecule has 0 aliphatic heterocycles. The normalized spacial score (nSPS) is 11.2. The van der Waals surface area contributed by atoms with Crippen LogP contribution in [0.2, 0.25) is 0 Å². The molecule has 0 N–H and O–H groups in total. The highest BCUT2D eigenvalue weighted by atomic mass is 16.6. The number of hydrogen-bond donors (Lipinski definition) is 0. The highest BCUT2D eigenvalue weighted by molar-refractivity contribution is 5.51. The fourth-order valence-corrected chi connectivity index (χ4v) is 1.12. The zero-order valence-electron chi connectivity index (χ0n) is 8.77. The summed E-state index contributed by atoms with van der Waals surface area (Å²) in [5.41, 5.74) is 0.923. The minimum absolute atomic E-state index is 0.124. The van der Waals surface area contributed by atoms with Crippen LogP contribution in [0.5, 0.6) is 5.75 Å². The molecule has 0 spiro atoms. The van der Waals surface area contributed by atoms with E-state index in [4.69, 9.17) is 4.74 Å². The second-order valence-corrected chi connectivity index (χ2v) is 3.04. The molecule has 0 bridgehead atoms. The van der Waals surface area contributed by atoms with E-state index >= 15 is 0 Å². The molecule has 0 unspecified atom stereocenters. The van der Waals surface area contributed by atoms with E-state index in [-0.39, 0.29) is 5.70 Å². The first-order valence-electron chi connectivity index (χ1n) is 4.69. The van der Waals surface area contributed by atoms with Gasteiger partial charge in [-0.2, -0.15) is 0 Å². The van der Waals surface area contributed by atoms with E-state index in [1.807, 2.05) is 6.92 Å². The van der Waals surface area contributed by atoms with Crippen molar-refractivity contribution in [2.24, 2.45) is 0 Å². The van der Waals surface area contributed by atoms with E-state index in [9.17, 15) is 10.1 Å². The molecular formula is C11H13NO3. The van der Waals surface area contributed by atoms with Gasteiger partial charge in [-0.1, -0.05) is 12.1 Å². The van der Waals surface area contributed by atoms with Gasteiger partial charge in [0, 0.05) is 13.0 Å². The zero-order chi connectivity index (χ0) is 11.3. The summed E-state index contributed by atoms with van der Waals surface area (Å²) in [7, 11) is 0. The van der Waals surface area contributed by atoms with E-state index in [0.717, 1.165) is 11.3 Å². The van der Waals surface area contributed by atoms with Gasteiger partial charge in [-0.05, 0) is 24.6 Å². The Balaban J connectivity index is 2.80. The predicted molar refractivity (Wildman–Crippen MR) is 58.3 cm³/mol. The summed E-state index contributed by atoms with van der Waals surface area (Å²) in [5.74, 6) is 0.772. The lowest BCUT2D eigenvalue weighted by atomic mass is 10.2. The largest absolute Gasteiger partial charge is 0.494 e. The van der Waals surface area contributed by atoms with Gasteiger partial charge in [-0.25, -0.2) is 0 Å². The van der Waals surface area contributed by atoms with Crippen LogP contribution in [0.15, 0.2) is 30.0 Å². The molecule has 0 fully saturated rings. The Hall–Kier alpha value is -1.84. The Kier molecular flexibility index (Phi) is 3.85. The number of nitrogens with zero attached hydrogens (tertiary/aromatic N) is 1. The number of nitro groups is 1. The van der Waals surface area contributed by atoms with Gasteiger partial charge in [0.15, 0.2) is 0 Å². The monoisotopic (exact) mass is 207 g/mol. The first-order chi connectivity index (χ1) is 7.13. The van der Waals surface area contributed by atoms with E-state index < -0.39 is 4.92 Å². The molecule has 0 saturated carbocycles. The van der Waals surface area contributed by atoms with Crippen molar-refractivity contribution in [2.75, 3.05) is 6.61 Å². The molecule has 0 amide bonds. The fraction of sp³-hybridized carbons (Fsp3) is 0.273. The Morgan fingerprint density at radius 3 is 2.53 bits per heavy atom. The third-order valence-corrected chi connectivity index (χ3v) is 1.85. The van der Waals surface area contributed by atoms with Crippen LogP contribution >= 0.6 is 0 Å². The smallest absolute Gasteiger partial charge is 0.243 e. The maximum absolute atomic E-state index is 10.4. The summed E-state index contributed by atoms with van der Waals surface area (Å²) >= 11 is 0. The third-order valence-electron chi connectivity index (χ3n) is 1.85. The first kappa shape index (κ1) is 11.2. The molecule has 4 heteroatoms. The van der Waals surface area contributed by atoms with Gasteiger partial charge in [-0.3, -0.25) is 10.1 Å². The molecule has 0 radical (unpaired) electrons. The maximum atomic E-state index is 10.4.